The summed E-state index contributed by atoms with van der Waals surface area (Å²) in [7, 11) is 6.09. The van der Waals surface area contributed by atoms with Crippen molar-refractivity contribution in [2.45, 2.75) is 16.4 Å². The molecule has 0 fully saturated rings. The number of carbonyl (C=O) groups excluding carboxylic acids is 1. The zero-order chi connectivity index (χ0) is 24.6. The number of carbonyl (C=O) groups is 1. The molecule has 8 nitrogen and oxygen atoms in total. The zero-order valence-corrected chi connectivity index (χ0v) is 21.4. The van der Waals surface area contributed by atoms with Crippen LogP contribution in [0.3, 0.4) is 0 Å². The van der Waals surface area contributed by atoms with Gasteiger partial charge in [0.25, 0.3) is 0 Å². The van der Waals surface area contributed by atoms with Crippen molar-refractivity contribution in [2.75, 3.05) is 33.8 Å². The third kappa shape index (κ3) is 7.89. The number of rotatable bonds is 9. The van der Waals surface area contributed by atoms with Crippen LogP contribution in [0, 0.1) is 0 Å². The predicted octanol–water partition coefficient (Wildman–Crippen LogP) is 4.06. The maximum absolute atomic E-state index is 12.7. The Kier molecular flexibility index (Phi) is 9.97. The molecular formula is C21H24Cl3N3O5S. The van der Waals surface area contributed by atoms with Gasteiger partial charge in [0.15, 0.2) is 5.11 Å². The first-order valence-corrected chi connectivity index (χ1v) is 11.0. The Hall–Kier alpha value is -2.33. The Morgan fingerprint density at radius 2 is 1.52 bits per heavy atom. The van der Waals surface area contributed by atoms with E-state index < -0.39 is 15.9 Å². The Morgan fingerprint density at radius 3 is 2.09 bits per heavy atom. The van der Waals surface area contributed by atoms with Crippen molar-refractivity contribution in [3.05, 3.63) is 42.0 Å². The van der Waals surface area contributed by atoms with Gasteiger partial charge in [0, 0.05) is 17.7 Å². The lowest BCUT2D eigenvalue weighted by Gasteiger charge is -2.28. The molecule has 0 aromatic heterocycles. The highest BCUT2D eigenvalue weighted by Crippen LogP contribution is 2.31. The summed E-state index contributed by atoms with van der Waals surface area (Å²) in [4.78, 5) is 12.7. The summed E-state index contributed by atoms with van der Waals surface area (Å²) in [6, 6.07) is 10.2. The normalized spacial score (nSPS) is 11.7. The van der Waals surface area contributed by atoms with Crippen molar-refractivity contribution < 1.29 is 23.7 Å². The summed E-state index contributed by atoms with van der Waals surface area (Å²) >= 11 is 23.6. The van der Waals surface area contributed by atoms with Crippen molar-refractivity contribution in [1.29, 1.82) is 0 Å². The van der Waals surface area contributed by atoms with Crippen LogP contribution < -0.4 is 34.9 Å². The molecule has 2 aromatic carbocycles. The summed E-state index contributed by atoms with van der Waals surface area (Å²) < 4.78 is 19.1. The van der Waals surface area contributed by atoms with E-state index in [1.807, 2.05) is 0 Å². The molecule has 2 aromatic rings. The van der Waals surface area contributed by atoms with Gasteiger partial charge in [-0.3, -0.25) is 4.79 Å². The summed E-state index contributed by atoms with van der Waals surface area (Å²) in [6.45, 7) is 0. The first-order chi connectivity index (χ1) is 15.6. The minimum Gasteiger partial charge on any atom is -0.497 e. The minimum absolute atomic E-state index is 0.0318. The zero-order valence-electron chi connectivity index (χ0n) is 18.3. The molecule has 3 N–H and O–H groups in total. The number of anilines is 1. The molecule has 1 atom stereocenters. The molecule has 0 saturated carbocycles. The lowest BCUT2D eigenvalue weighted by atomic mass is 10.1. The van der Waals surface area contributed by atoms with E-state index in [1.165, 1.54) is 28.4 Å². The monoisotopic (exact) mass is 535 g/mol. The number of thiocarbonyl (C=S) groups is 1. The van der Waals surface area contributed by atoms with E-state index in [-0.39, 0.29) is 11.5 Å². The van der Waals surface area contributed by atoms with E-state index >= 15 is 0 Å². The van der Waals surface area contributed by atoms with Gasteiger partial charge in [0.05, 0.1) is 40.5 Å². The van der Waals surface area contributed by atoms with Crippen molar-refractivity contribution in [1.82, 2.24) is 10.6 Å². The molecule has 0 bridgehead atoms. The van der Waals surface area contributed by atoms with Gasteiger partial charge in [0.1, 0.15) is 29.2 Å². The van der Waals surface area contributed by atoms with E-state index in [0.29, 0.717) is 34.2 Å². The van der Waals surface area contributed by atoms with Crippen LogP contribution in [0.1, 0.15) is 5.56 Å². The predicted molar refractivity (Wildman–Crippen MR) is 134 cm³/mol. The Morgan fingerprint density at radius 1 is 0.909 bits per heavy atom. The van der Waals surface area contributed by atoms with Gasteiger partial charge in [-0.25, -0.2) is 0 Å². The van der Waals surface area contributed by atoms with Crippen LogP contribution in [0.25, 0.3) is 0 Å². The van der Waals surface area contributed by atoms with E-state index in [2.05, 4.69) is 16.0 Å². The summed E-state index contributed by atoms with van der Waals surface area (Å²) in [5.74, 6) is 1.76. The highest BCUT2D eigenvalue weighted by Gasteiger charge is 2.35. The van der Waals surface area contributed by atoms with Gasteiger partial charge in [-0.1, -0.05) is 40.9 Å². The van der Waals surface area contributed by atoms with Crippen LogP contribution in [0.5, 0.6) is 23.0 Å². The molecule has 180 valence electrons. The molecule has 0 heterocycles. The molecule has 12 heteroatoms. The number of benzene rings is 2. The largest absolute Gasteiger partial charge is 0.497 e. The molecule has 1 amide bonds. The number of hydrogen-bond acceptors (Lipinski definition) is 6. The van der Waals surface area contributed by atoms with Crippen LogP contribution in [0.2, 0.25) is 0 Å². The number of alkyl halides is 3. The van der Waals surface area contributed by atoms with Crippen LogP contribution in [-0.4, -0.2) is 49.4 Å². The fourth-order valence-electron chi connectivity index (χ4n) is 2.78. The molecule has 0 spiro atoms. The quantitative estimate of drug-likeness (QED) is 0.251. The summed E-state index contributed by atoms with van der Waals surface area (Å²) in [5, 5.41) is 8.47. The Labute approximate surface area is 212 Å². The summed E-state index contributed by atoms with van der Waals surface area (Å²) in [5.41, 5.74) is 1.15. The number of methoxy groups -OCH3 is 4. The van der Waals surface area contributed by atoms with E-state index in [1.54, 1.807) is 36.4 Å². The van der Waals surface area contributed by atoms with Gasteiger partial charge >= 0.3 is 0 Å². The molecule has 0 aliphatic heterocycles. The third-order valence-corrected chi connectivity index (χ3v) is 5.28. The number of nitrogens with one attached hydrogen (secondary N) is 3. The maximum Gasteiger partial charge on any atom is 0.228 e. The molecule has 0 radical (unpaired) electrons. The second kappa shape index (κ2) is 12.2. The van der Waals surface area contributed by atoms with Crippen molar-refractivity contribution >= 4 is 63.7 Å². The number of halogens is 3. The lowest BCUT2D eigenvalue weighted by molar-refractivity contribution is -0.121. The fourth-order valence-corrected chi connectivity index (χ4v) is 3.34. The van der Waals surface area contributed by atoms with Crippen molar-refractivity contribution in [3.63, 3.8) is 0 Å². The maximum atomic E-state index is 12.7. The first-order valence-electron chi connectivity index (χ1n) is 9.47. The van der Waals surface area contributed by atoms with Crippen LogP contribution in [-0.2, 0) is 11.2 Å². The topological polar surface area (TPSA) is 90.1 Å². The average Bonchev–Trinajstić information content (AvgIpc) is 2.78. The van der Waals surface area contributed by atoms with E-state index in [4.69, 9.17) is 66.0 Å². The number of ether oxygens (including phenoxy) is 4. The Bertz CT molecular complexity index is 988. The first kappa shape index (κ1) is 26.9. The fraction of sp³-hybridized carbons (Fsp3) is 0.333. The van der Waals surface area contributed by atoms with Gasteiger partial charge in [-0.05, 0) is 30.4 Å². The van der Waals surface area contributed by atoms with Gasteiger partial charge in [-0.2, -0.15) is 0 Å². The Balaban J connectivity index is 2.11. The average molecular weight is 537 g/mol. The number of amides is 1. The molecule has 0 aliphatic rings. The molecule has 0 saturated heterocycles. The highest BCUT2D eigenvalue weighted by atomic mass is 35.6. The standard InChI is InChI=1S/C21H24Cl3N3O5S/c1-29-13-7-8-16(31-3)15(10-13)25-20(33)27-19(21(22,23)24)26-18(28)9-12-5-6-14(30-2)11-17(12)32-4/h5-8,10-11,19H,9H2,1-4H3,(H,26,28)(H2,25,27,33). The van der Waals surface area contributed by atoms with Crippen LogP contribution >= 0.6 is 47.0 Å². The molecular weight excluding hydrogens is 513 g/mol. The van der Waals surface area contributed by atoms with Crippen LogP contribution in [0.4, 0.5) is 5.69 Å². The molecule has 1 unspecified atom stereocenters. The number of hydrogen-bond donors (Lipinski definition) is 3. The van der Waals surface area contributed by atoms with Crippen molar-refractivity contribution in [3.8, 4) is 23.0 Å². The SMILES string of the molecule is COc1ccc(OC)c(NC(=S)NC(NC(=O)Cc2ccc(OC)cc2OC)C(Cl)(Cl)Cl)c1. The smallest absolute Gasteiger partial charge is 0.228 e. The van der Waals surface area contributed by atoms with Gasteiger partial charge in [-0.15, -0.1) is 0 Å². The molecule has 0 aliphatic carbocycles. The highest BCUT2D eigenvalue weighted by molar-refractivity contribution is 7.80. The summed E-state index contributed by atoms with van der Waals surface area (Å²) in [6.07, 6.45) is -1.17. The second-order valence-corrected chi connectivity index (χ2v) is 9.34. The van der Waals surface area contributed by atoms with E-state index in [0.717, 1.165) is 0 Å². The lowest BCUT2D eigenvalue weighted by Crippen LogP contribution is -2.56. The molecule has 33 heavy (non-hydrogen) atoms. The van der Waals surface area contributed by atoms with Crippen LogP contribution in [0.15, 0.2) is 36.4 Å². The third-order valence-electron chi connectivity index (χ3n) is 4.41. The van der Waals surface area contributed by atoms with E-state index in [9.17, 15) is 4.79 Å². The van der Waals surface area contributed by atoms with Crippen molar-refractivity contribution in [2.24, 2.45) is 0 Å². The van der Waals surface area contributed by atoms with Gasteiger partial charge in [0.2, 0.25) is 9.70 Å². The minimum atomic E-state index is -1.91. The van der Waals surface area contributed by atoms with Gasteiger partial charge < -0.3 is 34.9 Å². The second-order valence-electron chi connectivity index (χ2n) is 6.56. The molecule has 2 rings (SSSR count).